The van der Waals surface area contributed by atoms with Crippen molar-refractivity contribution >= 4 is 17.0 Å². The minimum atomic E-state index is -1.29. The standard InChI is InChI=1S/C19H16N6O2/c1-10-7-11(2)22-19(21-10)25-17-16(12(3)24-25)14(18(26)27)8-15(23-17)13-5-4-6-20-9-13/h4-9H,1-3H3,(H,26,27)/p-1. The van der Waals surface area contributed by atoms with E-state index in [2.05, 4.69) is 25.0 Å². The van der Waals surface area contributed by atoms with Gasteiger partial charge in [-0.15, -0.1) is 0 Å². The summed E-state index contributed by atoms with van der Waals surface area (Å²) in [5.41, 5.74) is 3.60. The fourth-order valence-corrected chi connectivity index (χ4v) is 3.05. The van der Waals surface area contributed by atoms with E-state index in [9.17, 15) is 9.90 Å². The summed E-state index contributed by atoms with van der Waals surface area (Å²) in [5.74, 6) is -0.956. The smallest absolute Gasteiger partial charge is 0.253 e. The molecule has 0 aliphatic heterocycles. The zero-order valence-corrected chi connectivity index (χ0v) is 15.0. The van der Waals surface area contributed by atoms with E-state index in [1.807, 2.05) is 19.9 Å². The second-order valence-electron chi connectivity index (χ2n) is 6.23. The third-order valence-electron chi connectivity index (χ3n) is 4.15. The van der Waals surface area contributed by atoms with Crippen LogP contribution in [0.5, 0.6) is 0 Å². The van der Waals surface area contributed by atoms with Crippen LogP contribution in [0.3, 0.4) is 0 Å². The fraction of sp³-hybridized carbons (Fsp3) is 0.158. The number of hydrogen-bond donors (Lipinski definition) is 0. The van der Waals surface area contributed by atoms with E-state index < -0.39 is 5.97 Å². The highest BCUT2D eigenvalue weighted by Gasteiger charge is 2.19. The molecule has 0 bridgehead atoms. The summed E-state index contributed by atoms with van der Waals surface area (Å²) >= 11 is 0. The number of carbonyl (C=O) groups is 1. The Morgan fingerprint density at radius 2 is 1.81 bits per heavy atom. The normalized spacial score (nSPS) is 11.1. The van der Waals surface area contributed by atoms with Crippen LogP contribution in [0.4, 0.5) is 0 Å². The fourth-order valence-electron chi connectivity index (χ4n) is 3.05. The topological polar surface area (TPSA) is 110 Å². The third-order valence-corrected chi connectivity index (χ3v) is 4.15. The van der Waals surface area contributed by atoms with Crippen molar-refractivity contribution < 1.29 is 9.90 Å². The molecule has 134 valence electrons. The highest BCUT2D eigenvalue weighted by atomic mass is 16.4. The van der Waals surface area contributed by atoms with Crippen LogP contribution in [0.25, 0.3) is 28.2 Å². The number of aromatic nitrogens is 6. The number of carboxylic acid groups (broad SMARTS) is 1. The van der Waals surface area contributed by atoms with Crippen LogP contribution in [-0.2, 0) is 0 Å². The van der Waals surface area contributed by atoms with Crippen molar-refractivity contribution in [2.45, 2.75) is 20.8 Å². The Morgan fingerprint density at radius 3 is 2.44 bits per heavy atom. The van der Waals surface area contributed by atoms with Gasteiger partial charge in [0.05, 0.1) is 22.7 Å². The van der Waals surface area contributed by atoms with Crippen LogP contribution >= 0.6 is 0 Å². The highest BCUT2D eigenvalue weighted by molar-refractivity contribution is 6.03. The van der Waals surface area contributed by atoms with Gasteiger partial charge >= 0.3 is 0 Å². The van der Waals surface area contributed by atoms with Gasteiger partial charge in [-0.05, 0) is 45.0 Å². The monoisotopic (exact) mass is 359 g/mol. The molecule has 8 heteroatoms. The first-order chi connectivity index (χ1) is 12.9. The molecule has 0 N–H and O–H groups in total. The van der Waals surface area contributed by atoms with Crippen LogP contribution in [0.15, 0.2) is 36.7 Å². The van der Waals surface area contributed by atoms with E-state index in [0.29, 0.717) is 33.9 Å². The SMILES string of the molecule is Cc1cc(C)nc(-n2nc(C)c3c(C(=O)[O-])cc(-c4cccnc4)nc32)n1. The van der Waals surface area contributed by atoms with Gasteiger partial charge in [-0.3, -0.25) is 4.98 Å². The number of aromatic carboxylic acids is 1. The minimum Gasteiger partial charge on any atom is -0.545 e. The first-order valence-electron chi connectivity index (χ1n) is 8.29. The van der Waals surface area contributed by atoms with Crippen LogP contribution in [-0.4, -0.2) is 35.7 Å². The molecule has 0 atom stereocenters. The molecule has 0 fully saturated rings. The van der Waals surface area contributed by atoms with Crippen molar-refractivity contribution in [3.05, 3.63) is 59.3 Å². The summed E-state index contributed by atoms with van der Waals surface area (Å²) in [6, 6.07) is 6.90. The van der Waals surface area contributed by atoms with Gasteiger partial charge in [0.15, 0.2) is 5.65 Å². The van der Waals surface area contributed by atoms with Crippen molar-refractivity contribution in [3.63, 3.8) is 0 Å². The molecule has 0 aromatic carbocycles. The molecule has 4 rings (SSSR count). The Labute approximate surface area is 154 Å². The van der Waals surface area contributed by atoms with Gasteiger partial charge in [0.2, 0.25) is 0 Å². The number of pyridine rings is 2. The largest absolute Gasteiger partial charge is 0.545 e. The molecule has 0 aliphatic carbocycles. The summed E-state index contributed by atoms with van der Waals surface area (Å²) < 4.78 is 1.47. The molecule has 0 saturated heterocycles. The molecular weight excluding hydrogens is 344 g/mol. The predicted molar refractivity (Wildman–Crippen MR) is 96.2 cm³/mol. The minimum absolute atomic E-state index is 0.0204. The Morgan fingerprint density at radius 1 is 1.07 bits per heavy atom. The molecule has 27 heavy (non-hydrogen) atoms. The van der Waals surface area contributed by atoms with Gasteiger partial charge in [0.25, 0.3) is 5.95 Å². The summed E-state index contributed by atoms with van der Waals surface area (Å²) in [4.78, 5) is 29.3. The second-order valence-corrected chi connectivity index (χ2v) is 6.23. The maximum absolute atomic E-state index is 11.8. The molecule has 4 aromatic heterocycles. The first kappa shape index (κ1) is 16.8. The molecule has 0 radical (unpaired) electrons. The molecule has 4 heterocycles. The zero-order valence-electron chi connectivity index (χ0n) is 15.0. The van der Waals surface area contributed by atoms with Crippen molar-refractivity contribution in [3.8, 4) is 17.2 Å². The lowest BCUT2D eigenvalue weighted by Crippen LogP contribution is -2.23. The van der Waals surface area contributed by atoms with Gasteiger partial charge in [0, 0.05) is 34.9 Å². The maximum atomic E-state index is 11.8. The number of fused-ring (bicyclic) bond motifs is 1. The van der Waals surface area contributed by atoms with E-state index in [1.165, 1.54) is 10.7 Å². The molecule has 0 amide bonds. The number of hydrogen-bond acceptors (Lipinski definition) is 7. The summed E-state index contributed by atoms with van der Waals surface area (Å²) in [6.07, 6.45) is 3.26. The average Bonchev–Trinajstić information content (AvgIpc) is 2.98. The van der Waals surface area contributed by atoms with Gasteiger partial charge in [-0.2, -0.15) is 9.78 Å². The predicted octanol–water partition coefficient (Wildman–Crippen LogP) is 1.56. The first-order valence-corrected chi connectivity index (χ1v) is 8.29. The maximum Gasteiger partial charge on any atom is 0.253 e. The van der Waals surface area contributed by atoms with Crippen LogP contribution < -0.4 is 5.11 Å². The summed E-state index contributed by atoms with van der Waals surface area (Å²) in [6.45, 7) is 5.44. The number of nitrogens with zero attached hydrogens (tertiary/aromatic N) is 6. The molecule has 0 unspecified atom stereocenters. The molecule has 8 nitrogen and oxygen atoms in total. The van der Waals surface area contributed by atoms with Gasteiger partial charge in [-0.25, -0.2) is 15.0 Å². The lowest BCUT2D eigenvalue weighted by molar-refractivity contribution is -0.254. The van der Waals surface area contributed by atoms with E-state index in [4.69, 9.17) is 0 Å². The Bertz CT molecular complexity index is 1160. The molecule has 0 spiro atoms. The van der Waals surface area contributed by atoms with Crippen molar-refractivity contribution in [2.24, 2.45) is 0 Å². The van der Waals surface area contributed by atoms with Gasteiger partial charge in [0.1, 0.15) is 0 Å². The number of carboxylic acids is 1. The summed E-state index contributed by atoms with van der Waals surface area (Å²) in [5, 5.41) is 16.6. The van der Waals surface area contributed by atoms with Crippen LogP contribution in [0.2, 0.25) is 0 Å². The summed E-state index contributed by atoms with van der Waals surface area (Å²) in [7, 11) is 0. The van der Waals surface area contributed by atoms with Crippen molar-refractivity contribution in [2.75, 3.05) is 0 Å². The Kier molecular flexibility index (Phi) is 3.88. The molecule has 0 aliphatic rings. The quantitative estimate of drug-likeness (QED) is 0.546. The molecule has 4 aromatic rings. The van der Waals surface area contributed by atoms with Crippen molar-refractivity contribution in [1.29, 1.82) is 0 Å². The van der Waals surface area contributed by atoms with Crippen LogP contribution in [0, 0.1) is 20.8 Å². The van der Waals surface area contributed by atoms with Crippen LogP contribution in [0.1, 0.15) is 27.4 Å². The third kappa shape index (κ3) is 2.91. The lowest BCUT2D eigenvalue weighted by atomic mass is 10.1. The average molecular weight is 359 g/mol. The lowest BCUT2D eigenvalue weighted by Gasteiger charge is -2.09. The van der Waals surface area contributed by atoms with E-state index in [1.54, 1.807) is 31.5 Å². The molecular formula is C19H15N6O2-. The van der Waals surface area contributed by atoms with Crippen molar-refractivity contribution in [1.82, 2.24) is 29.7 Å². The second kappa shape index (κ2) is 6.24. The van der Waals surface area contributed by atoms with Gasteiger partial charge < -0.3 is 9.90 Å². The molecule has 0 saturated carbocycles. The van der Waals surface area contributed by atoms with E-state index in [-0.39, 0.29) is 5.56 Å². The van der Waals surface area contributed by atoms with E-state index in [0.717, 1.165) is 11.4 Å². The number of aryl methyl sites for hydroxylation is 3. The Hall–Kier alpha value is -3.68. The number of carbonyl (C=O) groups excluding carboxylic acids is 1. The van der Waals surface area contributed by atoms with Gasteiger partial charge in [-0.1, -0.05) is 0 Å². The highest BCUT2D eigenvalue weighted by Crippen LogP contribution is 2.27. The Balaban J connectivity index is 2.07. The zero-order chi connectivity index (χ0) is 19.1. The van der Waals surface area contributed by atoms with E-state index >= 15 is 0 Å². The number of rotatable bonds is 3.